The van der Waals surface area contributed by atoms with E-state index >= 15 is 0 Å². The third-order valence-corrected chi connectivity index (χ3v) is 4.51. The molecular formula is C14H25N3O4. The highest BCUT2D eigenvalue weighted by Crippen LogP contribution is 2.22. The molecule has 2 saturated heterocycles. The molecule has 2 atom stereocenters. The molecule has 2 heterocycles. The van der Waals surface area contributed by atoms with E-state index in [1.165, 1.54) is 4.90 Å². The van der Waals surface area contributed by atoms with Crippen LogP contribution in [0.5, 0.6) is 0 Å². The van der Waals surface area contributed by atoms with Gasteiger partial charge in [-0.1, -0.05) is 0 Å². The number of likely N-dealkylation sites (tertiary alicyclic amines) is 2. The molecule has 0 aromatic carbocycles. The summed E-state index contributed by atoms with van der Waals surface area (Å²) in [6, 6.07) is -1.20. The second-order valence-corrected chi connectivity index (χ2v) is 6.31. The van der Waals surface area contributed by atoms with E-state index in [1.807, 2.05) is 0 Å². The molecule has 0 radical (unpaired) electrons. The van der Waals surface area contributed by atoms with Gasteiger partial charge in [-0.3, -0.25) is 0 Å². The summed E-state index contributed by atoms with van der Waals surface area (Å²) in [5, 5.41) is 18.8. The molecule has 7 nitrogen and oxygen atoms in total. The van der Waals surface area contributed by atoms with Gasteiger partial charge in [0.2, 0.25) is 0 Å². The summed E-state index contributed by atoms with van der Waals surface area (Å²) in [5.41, 5.74) is 0. The molecule has 0 saturated carbocycles. The molecule has 1 unspecified atom stereocenters. The van der Waals surface area contributed by atoms with Gasteiger partial charge in [-0.2, -0.15) is 0 Å². The summed E-state index contributed by atoms with van der Waals surface area (Å²) in [7, 11) is 3.80. The fraction of sp³-hybridized carbons (Fsp3) is 0.857. The average Bonchev–Trinajstić information content (AvgIpc) is 2.82. The minimum Gasteiger partial charge on any atom is -0.480 e. The number of carbonyl (C=O) groups is 2. The average molecular weight is 299 g/mol. The van der Waals surface area contributed by atoms with E-state index < -0.39 is 18.1 Å². The van der Waals surface area contributed by atoms with E-state index in [2.05, 4.69) is 11.9 Å². The second kappa shape index (κ2) is 6.62. The van der Waals surface area contributed by atoms with Gasteiger partial charge < -0.3 is 24.9 Å². The Morgan fingerprint density at radius 2 is 1.90 bits per heavy atom. The fourth-order valence-electron chi connectivity index (χ4n) is 3.19. The van der Waals surface area contributed by atoms with Crippen molar-refractivity contribution in [2.24, 2.45) is 5.92 Å². The molecule has 0 spiro atoms. The number of aliphatic carboxylic acids is 1. The number of nitrogens with zero attached hydrogens (tertiary/aromatic N) is 3. The van der Waals surface area contributed by atoms with Gasteiger partial charge in [0.25, 0.3) is 0 Å². The Labute approximate surface area is 125 Å². The first-order valence-corrected chi connectivity index (χ1v) is 7.49. The molecule has 0 aliphatic carbocycles. The lowest BCUT2D eigenvalue weighted by molar-refractivity contribution is -0.141. The molecule has 120 valence electrons. The highest BCUT2D eigenvalue weighted by Gasteiger charge is 2.40. The van der Waals surface area contributed by atoms with Crippen LogP contribution < -0.4 is 0 Å². The lowest BCUT2D eigenvalue weighted by atomic mass is 9.97. The van der Waals surface area contributed by atoms with Crippen molar-refractivity contribution in [2.45, 2.75) is 31.4 Å². The first kappa shape index (κ1) is 16.0. The van der Waals surface area contributed by atoms with E-state index in [9.17, 15) is 14.7 Å². The Hall–Kier alpha value is -1.34. The molecule has 21 heavy (non-hydrogen) atoms. The smallest absolute Gasteiger partial charge is 0.326 e. The first-order chi connectivity index (χ1) is 9.88. The molecule has 2 rings (SSSR count). The van der Waals surface area contributed by atoms with Gasteiger partial charge in [0.1, 0.15) is 6.04 Å². The summed E-state index contributed by atoms with van der Waals surface area (Å²) in [5.74, 6) is -0.585. The third kappa shape index (κ3) is 3.85. The summed E-state index contributed by atoms with van der Waals surface area (Å²) in [6.07, 6.45) is 1.48. The molecule has 7 heteroatoms. The second-order valence-electron chi connectivity index (χ2n) is 6.31. The highest BCUT2D eigenvalue weighted by molar-refractivity contribution is 5.83. The lowest BCUT2D eigenvalue weighted by Crippen LogP contribution is -2.48. The molecule has 0 bridgehead atoms. The molecule has 2 aliphatic rings. The van der Waals surface area contributed by atoms with Crippen LogP contribution >= 0.6 is 0 Å². The Morgan fingerprint density at radius 1 is 1.29 bits per heavy atom. The van der Waals surface area contributed by atoms with Crippen LogP contribution in [0.3, 0.4) is 0 Å². The van der Waals surface area contributed by atoms with Gasteiger partial charge >= 0.3 is 12.0 Å². The third-order valence-electron chi connectivity index (χ3n) is 4.51. The SMILES string of the molecule is CN1CCC(CN(C)C(=O)N2CC(O)C[C@H]2C(=O)O)CC1. The summed E-state index contributed by atoms with van der Waals surface area (Å²) < 4.78 is 0. The molecule has 2 N–H and O–H groups in total. The number of piperidine rings is 1. The number of carboxylic acid groups (broad SMARTS) is 1. The van der Waals surface area contributed by atoms with E-state index in [4.69, 9.17) is 5.11 Å². The molecule has 2 amide bonds. The highest BCUT2D eigenvalue weighted by atomic mass is 16.4. The number of rotatable bonds is 3. The molecular weight excluding hydrogens is 274 g/mol. The zero-order valence-electron chi connectivity index (χ0n) is 12.7. The predicted octanol–water partition coefficient (Wildman–Crippen LogP) is -0.100. The summed E-state index contributed by atoms with van der Waals surface area (Å²) >= 11 is 0. The standard InChI is InChI=1S/C14H25N3O4/c1-15-5-3-10(4-6-15)8-16(2)14(21)17-9-11(18)7-12(17)13(19)20/h10-12,18H,3-9H2,1-2H3,(H,19,20)/t11?,12-/m0/s1. The number of urea groups is 1. The van der Waals surface area contributed by atoms with Crippen molar-refractivity contribution in [3.8, 4) is 0 Å². The predicted molar refractivity (Wildman–Crippen MR) is 77.0 cm³/mol. The molecule has 0 aromatic heterocycles. The van der Waals surface area contributed by atoms with Crippen LogP contribution in [0.4, 0.5) is 4.79 Å². The van der Waals surface area contributed by atoms with E-state index in [0.717, 1.165) is 25.9 Å². The Balaban J connectivity index is 1.91. The summed E-state index contributed by atoms with van der Waals surface area (Å²) in [6.45, 7) is 2.82. The Morgan fingerprint density at radius 3 is 2.48 bits per heavy atom. The number of amides is 2. The number of carboxylic acids is 1. The quantitative estimate of drug-likeness (QED) is 0.760. The van der Waals surface area contributed by atoms with E-state index in [1.54, 1.807) is 11.9 Å². The van der Waals surface area contributed by atoms with Crippen molar-refractivity contribution < 1.29 is 19.8 Å². The van der Waals surface area contributed by atoms with Crippen LogP contribution in [0.2, 0.25) is 0 Å². The fourth-order valence-corrected chi connectivity index (χ4v) is 3.19. The van der Waals surface area contributed by atoms with Gasteiger partial charge in [0.15, 0.2) is 0 Å². The molecule has 0 aromatic rings. The van der Waals surface area contributed by atoms with Gasteiger partial charge in [-0.05, 0) is 38.9 Å². The van der Waals surface area contributed by atoms with E-state index in [-0.39, 0.29) is 19.0 Å². The Bertz CT molecular complexity index is 396. The number of carbonyl (C=O) groups excluding carboxylic acids is 1. The number of hydrogen-bond donors (Lipinski definition) is 2. The van der Waals surface area contributed by atoms with E-state index in [0.29, 0.717) is 12.5 Å². The first-order valence-electron chi connectivity index (χ1n) is 7.49. The van der Waals surface area contributed by atoms with Gasteiger partial charge in [0, 0.05) is 26.6 Å². The van der Waals surface area contributed by atoms with Crippen LogP contribution in [-0.4, -0.2) is 89.3 Å². The normalized spacial score (nSPS) is 27.9. The van der Waals surface area contributed by atoms with Crippen molar-refractivity contribution in [1.29, 1.82) is 0 Å². The number of aliphatic hydroxyl groups excluding tert-OH is 1. The maximum Gasteiger partial charge on any atom is 0.326 e. The number of hydrogen-bond acceptors (Lipinski definition) is 4. The number of β-amino-alcohol motifs (C(OH)–C–C–N with tert-alkyl or cyclic N) is 1. The van der Waals surface area contributed by atoms with Crippen molar-refractivity contribution in [1.82, 2.24) is 14.7 Å². The summed E-state index contributed by atoms with van der Waals surface area (Å²) in [4.78, 5) is 28.7. The van der Waals surface area contributed by atoms with Crippen LogP contribution in [0.1, 0.15) is 19.3 Å². The monoisotopic (exact) mass is 299 g/mol. The maximum absolute atomic E-state index is 12.4. The van der Waals surface area contributed by atoms with Gasteiger partial charge in [0.05, 0.1) is 6.10 Å². The van der Waals surface area contributed by atoms with Crippen molar-refractivity contribution in [2.75, 3.05) is 40.3 Å². The molecule has 2 fully saturated rings. The zero-order valence-corrected chi connectivity index (χ0v) is 12.7. The minimum atomic E-state index is -1.05. The zero-order chi connectivity index (χ0) is 15.6. The van der Waals surface area contributed by atoms with Gasteiger partial charge in [-0.15, -0.1) is 0 Å². The largest absolute Gasteiger partial charge is 0.480 e. The van der Waals surface area contributed by atoms with Gasteiger partial charge in [-0.25, -0.2) is 9.59 Å². The van der Waals surface area contributed by atoms with Crippen LogP contribution in [0.25, 0.3) is 0 Å². The van der Waals surface area contributed by atoms with Crippen LogP contribution in [-0.2, 0) is 4.79 Å². The molecule has 2 aliphatic heterocycles. The number of aliphatic hydroxyl groups is 1. The minimum absolute atomic E-state index is 0.105. The van der Waals surface area contributed by atoms with Crippen molar-refractivity contribution in [3.63, 3.8) is 0 Å². The lowest BCUT2D eigenvalue weighted by Gasteiger charge is -2.33. The van der Waals surface area contributed by atoms with Crippen LogP contribution in [0, 0.1) is 5.92 Å². The topological polar surface area (TPSA) is 84.3 Å². The van der Waals surface area contributed by atoms with Crippen molar-refractivity contribution in [3.05, 3.63) is 0 Å². The Kier molecular flexibility index (Phi) is 5.05. The van der Waals surface area contributed by atoms with Crippen LogP contribution in [0.15, 0.2) is 0 Å². The maximum atomic E-state index is 12.4. The van der Waals surface area contributed by atoms with Crippen molar-refractivity contribution >= 4 is 12.0 Å².